The van der Waals surface area contributed by atoms with Crippen LogP contribution in [0.3, 0.4) is 0 Å². The zero-order chi connectivity index (χ0) is 21.9. The Kier molecular flexibility index (Phi) is 6.26. The molecule has 0 saturated heterocycles. The van der Waals surface area contributed by atoms with Gasteiger partial charge in [0.2, 0.25) is 5.88 Å². The minimum absolute atomic E-state index is 0.148. The number of carbonyl (C=O) groups is 1. The van der Waals surface area contributed by atoms with Crippen molar-refractivity contribution in [2.45, 2.75) is 20.0 Å². The number of aryl methyl sites for hydroxylation is 1. The summed E-state index contributed by atoms with van der Waals surface area (Å²) in [6.45, 7) is 4.13. The number of ether oxygens (including phenoxy) is 1. The van der Waals surface area contributed by atoms with E-state index in [-0.39, 0.29) is 10.7 Å². The van der Waals surface area contributed by atoms with Crippen molar-refractivity contribution in [3.05, 3.63) is 70.6 Å². The lowest BCUT2D eigenvalue weighted by Gasteiger charge is -2.13. The maximum absolute atomic E-state index is 12.8. The SMILES string of the molecule is CCOc1cc(-c2cc(NC(=O)c3ccnc(C(F)(F)F)c3)ccc2C)cc(Cl)n1. The summed E-state index contributed by atoms with van der Waals surface area (Å²) >= 11 is 6.09. The number of hydrogen-bond acceptors (Lipinski definition) is 4. The molecule has 0 atom stereocenters. The van der Waals surface area contributed by atoms with Crippen molar-refractivity contribution < 1.29 is 22.7 Å². The van der Waals surface area contributed by atoms with Crippen LogP contribution in [-0.2, 0) is 6.18 Å². The number of rotatable bonds is 5. The van der Waals surface area contributed by atoms with Gasteiger partial charge >= 0.3 is 6.18 Å². The molecule has 1 N–H and O–H groups in total. The summed E-state index contributed by atoms with van der Waals surface area (Å²) in [7, 11) is 0. The molecule has 0 unspecified atom stereocenters. The Morgan fingerprint density at radius 1 is 1.17 bits per heavy atom. The summed E-state index contributed by atoms with van der Waals surface area (Å²) in [6, 6.07) is 10.5. The Hall–Kier alpha value is -3.13. The van der Waals surface area contributed by atoms with E-state index in [1.54, 1.807) is 30.3 Å². The number of halogens is 4. The van der Waals surface area contributed by atoms with E-state index in [4.69, 9.17) is 16.3 Å². The average Bonchev–Trinajstić information content (AvgIpc) is 2.68. The molecule has 0 aliphatic carbocycles. The maximum atomic E-state index is 12.8. The van der Waals surface area contributed by atoms with Crippen LogP contribution in [-0.4, -0.2) is 22.5 Å². The quantitative estimate of drug-likeness (QED) is 0.516. The molecule has 30 heavy (non-hydrogen) atoms. The molecule has 1 aromatic carbocycles. The van der Waals surface area contributed by atoms with Crippen LogP contribution in [0.15, 0.2) is 48.7 Å². The summed E-state index contributed by atoms with van der Waals surface area (Å²) in [5.74, 6) is -0.314. The van der Waals surface area contributed by atoms with Crippen molar-refractivity contribution in [2.75, 3.05) is 11.9 Å². The first kappa shape index (κ1) is 21.6. The second-order valence-electron chi connectivity index (χ2n) is 6.36. The molecule has 0 bridgehead atoms. The van der Waals surface area contributed by atoms with Crippen molar-refractivity contribution >= 4 is 23.2 Å². The zero-order valence-corrected chi connectivity index (χ0v) is 16.8. The Bertz CT molecular complexity index is 1090. The number of aromatic nitrogens is 2. The number of anilines is 1. The topological polar surface area (TPSA) is 64.1 Å². The second-order valence-corrected chi connectivity index (χ2v) is 6.75. The van der Waals surface area contributed by atoms with Gasteiger partial charge in [-0.2, -0.15) is 13.2 Å². The molecule has 0 spiro atoms. The highest BCUT2D eigenvalue weighted by molar-refractivity contribution is 6.29. The van der Waals surface area contributed by atoms with Crippen LogP contribution in [0.5, 0.6) is 5.88 Å². The molecule has 1 amide bonds. The van der Waals surface area contributed by atoms with Gasteiger partial charge in [0, 0.05) is 23.5 Å². The van der Waals surface area contributed by atoms with Crippen molar-refractivity contribution in [3.8, 4) is 17.0 Å². The van der Waals surface area contributed by atoms with Gasteiger partial charge in [-0.25, -0.2) is 4.98 Å². The molecule has 0 fully saturated rings. The number of pyridine rings is 2. The molecule has 0 aliphatic rings. The fraction of sp³-hybridized carbons (Fsp3) is 0.190. The minimum Gasteiger partial charge on any atom is -0.478 e. The number of nitrogens with one attached hydrogen (secondary N) is 1. The number of nitrogens with zero attached hydrogens (tertiary/aromatic N) is 2. The van der Waals surface area contributed by atoms with Crippen LogP contribution < -0.4 is 10.1 Å². The summed E-state index contributed by atoms with van der Waals surface area (Å²) < 4.78 is 43.9. The smallest absolute Gasteiger partial charge is 0.433 e. The first-order chi connectivity index (χ1) is 14.2. The summed E-state index contributed by atoms with van der Waals surface area (Å²) in [6.07, 6.45) is -3.68. The highest BCUT2D eigenvalue weighted by atomic mass is 35.5. The molecule has 2 aromatic heterocycles. The van der Waals surface area contributed by atoms with Crippen LogP contribution in [0.2, 0.25) is 5.15 Å². The standard InChI is InChI=1S/C21H17ClF3N3O2/c1-3-30-19-10-14(9-18(22)28-19)16-11-15(5-4-12(16)2)27-20(29)13-6-7-26-17(8-13)21(23,24)25/h4-11H,3H2,1-2H3,(H,27,29). The normalized spacial score (nSPS) is 11.3. The van der Waals surface area contributed by atoms with Crippen LogP contribution >= 0.6 is 11.6 Å². The Labute approximate surface area is 175 Å². The third kappa shape index (κ3) is 5.07. The molecular weight excluding hydrogens is 419 g/mol. The average molecular weight is 436 g/mol. The summed E-state index contributed by atoms with van der Waals surface area (Å²) in [5, 5.41) is 2.87. The molecule has 3 rings (SSSR count). The minimum atomic E-state index is -4.63. The van der Waals surface area contributed by atoms with E-state index in [0.717, 1.165) is 22.9 Å². The second kappa shape index (κ2) is 8.71. The van der Waals surface area contributed by atoms with Crippen LogP contribution in [0.1, 0.15) is 28.5 Å². The predicted octanol–water partition coefficient (Wildman–Crippen LogP) is 5.78. The summed E-state index contributed by atoms with van der Waals surface area (Å²) in [5.41, 5.74) is 1.54. The maximum Gasteiger partial charge on any atom is 0.433 e. The van der Waals surface area contributed by atoms with Gasteiger partial charge in [-0.1, -0.05) is 17.7 Å². The lowest BCUT2D eigenvalue weighted by atomic mass is 10.0. The van der Waals surface area contributed by atoms with Crippen LogP contribution in [0.25, 0.3) is 11.1 Å². The van der Waals surface area contributed by atoms with Gasteiger partial charge in [0.05, 0.1) is 6.61 Å². The molecule has 0 radical (unpaired) electrons. The van der Waals surface area contributed by atoms with E-state index >= 15 is 0 Å². The molecule has 5 nitrogen and oxygen atoms in total. The van der Waals surface area contributed by atoms with Crippen LogP contribution in [0.4, 0.5) is 18.9 Å². The van der Waals surface area contributed by atoms with Gasteiger partial charge < -0.3 is 10.1 Å². The predicted molar refractivity (Wildman–Crippen MR) is 108 cm³/mol. The molecule has 2 heterocycles. The van der Waals surface area contributed by atoms with E-state index in [0.29, 0.717) is 24.2 Å². The van der Waals surface area contributed by atoms with Crippen molar-refractivity contribution in [1.82, 2.24) is 9.97 Å². The highest BCUT2D eigenvalue weighted by Gasteiger charge is 2.32. The molecule has 9 heteroatoms. The number of hydrogen-bond donors (Lipinski definition) is 1. The van der Waals surface area contributed by atoms with Gasteiger partial charge in [-0.3, -0.25) is 9.78 Å². The molecule has 3 aromatic rings. The van der Waals surface area contributed by atoms with Crippen molar-refractivity contribution in [1.29, 1.82) is 0 Å². The van der Waals surface area contributed by atoms with E-state index in [1.807, 2.05) is 13.8 Å². The van der Waals surface area contributed by atoms with E-state index < -0.39 is 17.8 Å². The monoisotopic (exact) mass is 435 g/mol. The molecule has 156 valence electrons. The van der Waals surface area contributed by atoms with E-state index in [1.165, 1.54) is 6.07 Å². The first-order valence-corrected chi connectivity index (χ1v) is 9.31. The van der Waals surface area contributed by atoms with E-state index in [2.05, 4.69) is 15.3 Å². The Morgan fingerprint density at radius 2 is 1.93 bits per heavy atom. The first-order valence-electron chi connectivity index (χ1n) is 8.93. The van der Waals surface area contributed by atoms with Gasteiger partial charge in [0.25, 0.3) is 5.91 Å². The van der Waals surface area contributed by atoms with Crippen LogP contribution in [0, 0.1) is 6.92 Å². The van der Waals surface area contributed by atoms with Gasteiger partial charge in [-0.05, 0) is 60.9 Å². The number of amides is 1. The van der Waals surface area contributed by atoms with Gasteiger partial charge in [0.15, 0.2) is 0 Å². The molecule has 0 aliphatic heterocycles. The fourth-order valence-electron chi connectivity index (χ4n) is 2.79. The van der Waals surface area contributed by atoms with Crippen molar-refractivity contribution in [3.63, 3.8) is 0 Å². The Balaban J connectivity index is 1.90. The molecular formula is C21H17ClF3N3O2. The fourth-order valence-corrected chi connectivity index (χ4v) is 2.99. The molecule has 0 saturated carbocycles. The Morgan fingerprint density at radius 3 is 2.63 bits per heavy atom. The zero-order valence-electron chi connectivity index (χ0n) is 16.0. The van der Waals surface area contributed by atoms with Crippen molar-refractivity contribution in [2.24, 2.45) is 0 Å². The third-order valence-corrected chi connectivity index (χ3v) is 4.38. The lowest BCUT2D eigenvalue weighted by molar-refractivity contribution is -0.141. The third-order valence-electron chi connectivity index (χ3n) is 4.18. The number of benzene rings is 1. The summed E-state index contributed by atoms with van der Waals surface area (Å²) in [4.78, 5) is 19.8. The lowest BCUT2D eigenvalue weighted by Crippen LogP contribution is -2.15. The number of alkyl halides is 3. The van der Waals surface area contributed by atoms with Gasteiger partial charge in [-0.15, -0.1) is 0 Å². The largest absolute Gasteiger partial charge is 0.478 e. The highest BCUT2D eigenvalue weighted by Crippen LogP contribution is 2.31. The number of carbonyl (C=O) groups excluding carboxylic acids is 1. The van der Waals surface area contributed by atoms with E-state index in [9.17, 15) is 18.0 Å². The van der Waals surface area contributed by atoms with Gasteiger partial charge in [0.1, 0.15) is 10.8 Å².